The smallest absolute Gasteiger partial charge is 0.136 e. The van der Waals surface area contributed by atoms with Crippen LogP contribution in [0, 0.1) is 0 Å². The molecule has 0 saturated heterocycles. The summed E-state index contributed by atoms with van der Waals surface area (Å²) in [4.78, 5) is 0. The molecular weight excluding hydrogens is 556 g/mol. The van der Waals surface area contributed by atoms with Crippen molar-refractivity contribution in [3.05, 3.63) is 157 Å². The van der Waals surface area contributed by atoms with Gasteiger partial charge in [-0.3, -0.25) is 0 Å². The van der Waals surface area contributed by atoms with E-state index in [1.54, 1.807) is 0 Å². The van der Waals surface area contributed by atoms with Crippen molar-refractivity contribution in [1.29, 1.82) is 0 Å². The third kappa shape index (κ3) is 3.46. The molecule has 1 heterocycles. The van der Waals surface area contributed by atoms with E-state index < -0.39 is 0 Å². The maximum Gasteiger partial charge on any atom is 0.136 e. The third-order valence-corrected chi connectivity index (χ3v) is 10.4. The summed E-state index contributed by atoms with van der Waals surface area (Å²) in [7, 11) is 0. The van der Waals surface area contributed by atoms with Crippen LogP contribution in [-0.4, -0.2) is 0 Å². The van der Waals surface area contributed by atoms with Crippen LogP contribution in [-0.2, 0) is 5.41 Å². The first-order valence-corrected chi connectivity index (χ1v) is 16.1. The Hall–Kier alpha value is -5.66. The second-order valence-corrected chi connectivity index (χ2v) is 13.3. The quantitative estimate of drug-likeness (QED) is 0.196. The zero-order valence-corrected chi connectivity index (χ0v) is 25.8. The SMILES string of the molecule is CC1(C)c2cc(-c3cccc4oc5cc6ccccc6cc5c34)ccc2-c2c(-c3cccc4ccccc34)cc3ccccc3c21. The van der Waals surface area contributed by atoms with E-state index in [4.69, 9.17) is 4.42 Å². The Labute approximate surface area is 267 Å². The summed E-state index contributed by atoms with van der Waals surface area (Å²) in [5, 5.41) is 9.94. The van der Waals surface area contributed by atoms with Crippen LogP contribution < -0.4 is 0 Å². The first-order chi connectivity index (χ1) is 22.6. The number of furan rings is 1. The predicted octanol–water partition coefficient (Wildman–Crippen LogP) is 12.7. The van der Waals surface area contributed by atoms with Crippen molar-refractivity contribution in [3.63, 3.8) is 0 Å². The normalized spacial score (nSPS) is 13.6. The molecule has 1 aliphatic rings. The molecule has 0 radical (unpaired) electrons. The highest BCUT2D eigenvalue weighted by Gasteiger charge is 2.39. The zero-order chi connectivity index (χ0) is 30.6. The molecule has 9 aromatic rings. The van der Waals surface area contributed by atoms with Gasteiger partial charge < -0.3 is 4.42 Å². The van der Waals surface area contributed by atoms with E-state index in [2.05, 4.69) is 159 Å². The van der Waals surface area contributed by atoms with Crippen LogP contribution in [0.4, 0.5) is 0 Å². The first kappa shape index (κ1) is 25.6. The van der Waals surface area contributed by atoms with Crippen LogP contribution in [0.15, 0.2) is 150 Å². The van der Waals surface area contributed by atoms with Crippen LogP contribution >= 0.6 is 0 Å². The number of hydrogen-bond acceptors (Lipinski definition) is 1. The highest BCUT2D eigenvalue weighted by Crippen LogP contribution is 2.56. The Balaban J connectivity index is 1.25. The van der Waals surface area contributed by atoms with Gasteiger partial charge in [0.1, 0.15) is 11.2 Å². The first-order valence-electron chi connectivity index (χ1n) is 16.1. The molecule has 0 aliphatic heterocycles. The summed E-state index contributed by atoms with van der Waals surface area (Å²) in [5.74, 6) is 0. The van der Waals surface area contributed by atoms with E-state index in [0.29, 0.717) is 0 Å². The van der Waals surface area contributed by atoms with Crippen molar-refractivity contribution in [2.24, 2.45) is 0 Å². The molecule has 0 saturated carbocycles. The predicted molar refractivity (Wildman–Crippen MR) is 195 cm³/mol. The second-order valence-electron chi connectivity index (χ2n) is 13.3. The van der Waals surface area contributed by atoms with Crippen LogP contribution in [0.1, 0.15) is 25.0 Å². The van der Waals surface area contributed by atoms with Crippen molar-refractivity contribution in [3.8, 4) is 33.4 Å². The van der Waals surface area contributed by atoms with Gasteiger partial charge >= 0.3 is 0 Å². The van der Waals surface area contributed by atoms with E-state index in [1.165, 1.54) is 82.2 Å². The van der Waals surface area contributed by atoms with Gasteiger partial charge in [0, 0.05) is 16.2 Å². The summed E-state index contributed by atoms with van der Waals surface area (Å²) in [6, 6.07) is 53.4. The van der Waals surface area contributed by atoms with Crippen molar-refractivity contribution >= 4 is 54.3 Å². The fourth-order valence-electron chi connectivity index (χ4n) is 8.28. The van der Waals surface area contributed by atoms with Gasteiger partial charge in [-0.05, 0) is 107 Å². The summed E-state index contributed by atoms with van der Waals surface area (Å²) < 4.78 is 6.45. The van der Waals surface area contributed by atoms with E-state index in [0.717, 1.165) is 16.6 Å². The Bertz CT molecular complexity index is 2720. The average Bonchev–Trinajstić information content (AvgIpc) is 3.58. The van der Waals surface area contributed by atoms with Crippen molar-refractivity contribution < 1.29 is 4.42 Å². The third-order valence-electron chi connectivity index (χ3n) is 10.4. The summed E-state index contributed by atoms with van der Waals surface area (Å²) in [6.07, 6.45) is 0. The summed E-state index contributed by atoms with van der Waals surface area (Å²) in [6.45, 7) is 4.81. The monoisotopic (exact) mass is 586 g/mol. The van der Waals surface area contributed by atoms with Gasteiger partial charge in [0.05, 0.1) is 0 Å². The average molecular weight is 587 g/mol. The molecule has 0 amide bonds. The Morgan fingerprint density at radius 3 is 1.96 bits per heavy atom. The van der Waals surface area contributed by atoms with Crippen LogP contribution in [0.5, 0.6) is 0 Å². The lowest BCUT2D eigenvalue weighted by Crippen LogP contribution is -2.15. The molecule has 0 atom stereocenters. The molecule has 46 heavy (non-hydrogen) atoms. The van der Waals surface area contributed by atoms with Crippen molar-refractivity contribution in [2.75, 3.05) is 0 Å². The van der Waals surface area contributed by atoms with Crippen molar-refractivity contribution in [1.82, 2.24) is 0 Å². The molecule has 1 heteroatoms. The molecule has 216 valence electrons. The maximum absolute atomic E-state index is 6.45. The van der Waals surface area contributed by atoms with Gasteiger partial charge in [0.2, 0.25) is 0 Å². The number of benzene rings is 8. The Morgan fingerprint density at radius 2 is 1.11 bits per heavy atom. The largest absolute Gasteiger partial charge is 0.456 e. The topological polar surface area (TPSA) is 13.1 Å². The molecule has 10 rings (SSSR count). The molecule has 1 nitrogen and oxygen atoms in total. The molecule has 0 bridgehead atoms. The Morgan fingerprint density at radius 1 is 0.435 bits per heavy atom. The number of hydrogen-bond donors (Lipinski definition) is 0. The molecule has 1 aromatic heterocycles. The van der Waals surface area contributed by atoms with Gasteiger partial charge in [0.25, 0.3) is 0 Å². The van der Waals surface area contributed by atoms with Crippen LogP contribution in [0.3, 0.4) is 0 Å². The second kappa shape index (κ2) is 9.19. The summed E-state index contributed by atoms with van der Waals surface area (Å²) in [5.41, 5.74) is 12.2. The lowest BCUT2D eigenvalue weighted by atomic mass is 9.78. The van der Waals surface area contributed by atoms with Gasteiger partial charge in [0.15, 0.2) is 0 Å². The number of fused-ring (bicyclic) bond motifs is 10. The van der Waals surface area contributed by atoms with Crippen LogP contribution in [0.2, 0.25) is 0 Å². The van der Waals surface area contributed by atoms with Gasteiger partial charge in [-0.2, -0.15) is 0 Å². The molecule has 8 aromatic carbocycles. The highest BCUT2D eigenvalue weighted by atomic mass is 16.3. The van der Waals surface area contributed by atoms with Gasteiger partial charge in [-0.15, -0.1) is 0 Å². The maximum atomic E-state index is 6.45. The number of rotatable bonds is 2. The van der Waals surface area contributed by atoms with E-state index in [1.807, 2.05) is 0 Å². The van der Waals surface area contributed by atoms with Crippen LogP contribution in [0.25, 0.3) is 87.6 Å². The van der Waals surface area contributed by atoms with E-state index >= 15 is 0 Å². The van der Waals surface area contributed by atoms with E-state index in [-0.39, 0.29) is 5.41 Å². The fraction of sp³-hybridized carbons (Fsp3) is 0.0667. The lowest BCUT2D eigenvalue weighted by molar-refractivity contribution is 0.666. The molecule has 1 aliphatic carbocycles. The van der Waals surface area contributed by atoms with E-state index in [9.17, 15) is 0 Å². The van der Waals surface area contributed by atoms with Gasteiger partial charge in [-0.25, -0.2) is 0 Å². The van der Waals surface area contributed by atoms with Gasteiger partial charge in [-0.1, -0.05) is 129 Å². The lowest BCUT2D eigenvalue weighted by Gasteiger charge is -2.24. The zero-order valence-electron chi connectivity index (χ0n) is 25.8. The van der Waals surface area contributed by atoms with Crippen molar-refractivity contribution in [2.45, 2.75) is 19.3 Å². The molecule has 0 N–H and O–H groups in total. The summed E-state index contributed by atoms with van der Waals surface area (Å²) >= 11 is 0. The fourth-order valence-corrected chi connectivity index (χ4v) is 8.28. The molecule has 0 unspecified atom stereocenters. The standard InChI is InChI=1S/C45H30O/c1-45(2)39-25-31(33-18-10-20-40-42(33)38-23-28-12-3-4-13-29(28)26-41(38)46-40)21-22-36(39)43-37(24-30-14-6-8-17-34(30)44(43)45)35-19-9-15-27-11-5-7-16-32(27)35/h3-26H,1-2H3. The minimum absolute atomic E-state index is 0.191. The minimum atomic E-state index is -0.191. The highest BCUT2D eigenvalue weighted by molar-refractivity contribution is 6.16. The molecule has 0 spiro atoms. The molecule has 0 fully saturated rings. The minimum Gasteiger partial charge on any atom is -0.456 e. The Kier molecular flexibility index (Phi) is 5.12. The molecular formula is C45H30O.